The topological polar surface area (TPSA) is 34.2 Å². The van der Waals surface area contributed by atoms with Crippen molar-refractivity contribution in [3.63, 3.8) is 0 Å². The van der Waals surface area contributed by atoms with Crippen LogP contribution >= 0.6 is 11.3 Å². The summed E-state index contributed by atoms with van der Waals surface area (Å²) in [5.74, 6) is 0.901. The molecule has 1 N–H and O–H groups in total. The van der Waals surface area contributed by atoms with Crippen molar-refractivity contribution in [2.45, 2.75) is 39.8 Å². The number of hydrogen-bond acceptors (Lipinski definition) is 4. The van der Waals surface area contributed by atoms with Crippen LogP contribution in [0.5, 0.6) is 5.75 Å². The highest BCUT2D eigenvalue weighted by atomic mass is 32.1. The lowest BCUT2D eigenvalue weighted by molar-refractivity contribution is 0.242. The van der Waals surface area contributed by atoms with Crippen molar-refractivity contribution >= 4 is 17.0 Å². The van der Waals surface area contributed by atoms with E-state index in [1.807, 2.05) is 45.0 Å². The van der Waals surface area contributed by atoms with Crippen molar-refractivity contribution in [1.82, 2.24) is 4.98 Å². The molecule has 102 valence electrons. The number of ether oxygens (including phenoxy) is 1. The van der Waals surface area contributed by atoms with Gasteiger partial charge in [-0.05, 0) is 52.0 Å². The van der Waals surface area contributed by atoms with Gasteiger partial charge in [-0.15, -0.1) is 11.3 Å². The molecule has 0 aliphatic carbocycles. The lowest BCUT2D eigenvalue weighted by atomic mass is 10.2. The van der Waals surface area contributed by atoms with E-state index in [-0.39, 0.29) is 12.1 Å². The highest BCUT2D eigenvalue weighted by Crippen LogP contribution is 2.23. The van der Waals surface area contributed by atoms with Gasteiger partial charge in [0.2, 0.25) is 0 Å². The highest BCUT2D eigenvalue weighted by molar-refractivity contribution is 7.09. The van der Waals surface area contributed by atoms with E-state index >= 15 is 0 Å². The summed E-state index contributed by atoms with van der Waals surface area (Å²) in [5.41, 5.74) is 2.17. The molecule has 1 unspecified atom stereocenters. The van der Waals surface area contributed by atoms with Gasteiger partial charge in [0, 0.05) is 11.1 Å². The molecule has 0 saturated carbocycles. The van der Waals surface area contributed by atoms with Crippen LogP contribution in [0.15, 0.2) is 29.6 Å². The van der Waals surface area contributed by atoms with Gasteiger partial charge in [0.15, 0.2) is 0 Å². The van der Waals surface area contributed by atoms with Crippen LogP contribution in [-0.2, 0) is 0 Å². The van der Waals surface area contributed by atoms with Gasteiger partial charge in [0.25, 0.3) is 0 Å². The van der Waals surface area contributed by atoms with Crippen molar-refractivity contribution in [1.29, 1.82) is 0 Å². The third-order valence-corrected chi connectivity index (χ3v) is 3.48. The molecule has 1 atom stereocenters. The van der Waals surface area contributed by atoms with Gasteiger partial charge in [-0.2, -0.15) is 0 Å². The van der Waals surface area contributed by atoms with Crippen LogP contribution in [0.1, 0.15) is 37.5 Å². The zero-order valence-corrected chi connectivity index (χ0v) is 12.6. The molecular weight excluding hydrogens is 256 g/mol. The number of nitrogens with one attached hydrogen (secondary N) is 1. The summed E-state index contributed by atoms with van der Waals surface area (Å²) >= 11 is 1.68. The second kappa shape index (κ2) is 6.06. The molecule has 1 heterocycles. The normalized spacial score (nSPS) is 12.5. The minimum atomic E-state index is 0.204. The van der Waals surface area contributed by atoms with Gasteiger partial charge in [0.1, 0.15) is 5.75 Å². The summed E-state index contributed by atoms with van der Waals surface area (Å²) in [6.07, 6.45) is 0.204. The summed E-state index contributed by atoms with van der Waals surface area (Å²) < 4.78 is 5.62. The van der Waals surface area contributed by atoms with Crippen molar-refractivity contribution in [3.8, 4) is 5.75 Å². The first kappa shape index (κ1) is 13.9. The fourth-order valence-electron chi connectivity index (χ4n) is 1.80. The minimum absolute atomic E-state index is 0.204. The van der Waals surface area contributed by atoms with Crippen LogP contribution in [0.3, 0.4) is 0 Å². The second-order valence-electron chi connectivity index (χ2n) is 4.85. The SMILES string of the molecule is Cc1nc(C(C)Nc2ccc(OC(C)C)cc2)cs1. The molecule has 2 rings (SSSR count). The lowest BCUT2D eigenvalue weighted by Crippen LogP contribution is -2.08. The van der Waals surface area contributed by atoms with Gasteiger partial charge in [-0.25, -0.2) is 4.98 Å². The monoisotopic (exact) mass is 276 g/mol. The van der Waals surface area contributed by atoms with E-state index in [9.17, 15) is 0 Å². The number of rotatable bonds is 5. The summed E-state index contributed by atoms with van der Waals surface area (Å²) in [6.45, 7) is 8.20. The summed E-state index contributed by atoms with van der Waals surface area (Å²) in [4.78, 5) is 4.50. The Balaban J connectivity index is 1.99. The first-order valence-corrected chi connectivity index (χ1v) is 7.38. The van der Waals surface area contributed by atoms with Crippen LogP contribution in [0.2, 0.25) is 0 Å². The van der Waals surface area contributed by atoms with Crippen molar-refractivity contribution < 1.29 is 4.74 Å². The maximum Gasteiger partial charge on any atom is 0.119 e. The van der Waals surface area contributed by atoms with Crippen molar-refractivity contribution in [3.05, 3.63) is 40.3 Å². The van der Waals surface area contributed by atoms with Gasteiger partial charge in [-0.3, -0.25) is 0 Å². The zero-order chi connectivity index (χ0) is 13.8. The maximum atomic E-state index is 5.62. The summed E-state index contributed by atoms with van der Waals surface area (Å²) in [5, 5.41) is 6.64. The van der Waals surface area contributed by atoms with Crippen molar-refractivity contribution in [2.75, 3.05) is 5.32 Å². The molecule has 0 aliphatic heterocycles. The largest absolute Gasteiger partial charge is 0.491 e. The first-order chi connectivity index (χ1) is 9.04. The van der Waals surface area contributed by atoms with E-state index in [0.29, 0.717) is 0 Å². The number of aryl methyl sites for hydroxylation is 1. The molecule has 0 bridgehead atoms. The Hall–Kier alpha value is -1.55. The standard InChI is InChI=1S/C15H20N2OS/c1-10(2)18-14-7-5-13(6-8-14)16-11(3)15-9-19-12(4)17-15/h5-11,16H,1-4H3. The molecule has 0 radical (unpaired) electrons. The molecule has 3 nitrogen and oxygen atoms in total. The molecule has 0 saturated heterocycles. The predicted octanol–water partition coefficient (Wildman–Crippen LogP) is 4.41. The van der Waals surface area contributed by atoms with Crippen LogP contribution < -0.4 is 10.1 Å². The predicted molar refractivity (Wildman–Crippen MR) is 81.1 cm³/mol. The average molecular weight is 276 g/mol. The Morgan fingerprint density at radius 2 is 1.84 bits per heavy atom. The molecule has 0 aliphatic rings. The second-order valence-corrected chi connectivity index (χ2v) is 5.91. The van der Waals surface area contributed by atoms with Crippen LogP contribution in [0.25, 0.3) is 0 Å². The molecule has 1 aromatic carbocycles. The van der Waals surface area contributed by atoms with Crippen LogP contribution in [0.4, 0.5) is 5.69 Å². The number of benzene rings is 1. The van der Waals surface area contributed by atoms with Crippen LogP contribution in [-0.4, -0.2) is 11.1 Å². The van der Waals surface area contributed by atoms with Gasteiger partial charge >= 0.3 is 0 Å². The summed E-state index contributed by atoms with van der Waals surface area (Å²) in [6, 6.07) is 8.26. The van der Waals surface area contributed by atoms with E-state index in [4.69, 9.17) is 4.74 Å². The van der Waals surface area contributed by atoms with Gasteiger partial charge in [0.05, 0.1) is 22.8 Å². The molecule has 1 aromatic heterocycles. The quantitative estimate of drug-likeness (QED) is 0.878. The Bertz CT molecular complexity index is 519. The number of anilines is 1. The third-order valence-electron chi connectivity index (χ3n) is 2.69. The Kier molecular flexibility index (Phi) is 4.43. The average Bonchev–Trinajstić information content (AvgIpc) is 2.78. The smallest absolute Gasteiger partial charge is 0.119 e. The van der Waals surface area contributed by atoms with Crippen LogP contribution in [0, 0.1) is 6.92 Å². The fourth-order valence-corrected chi connectivity index (χ4v) is 2.51. The van der Waals surface area contributed by atoms with E-state index in [2.05, 4.69) is 22.6 Å². The highest BCUT2D eigenvalue weighted by Gasteiger charge is 2.08. The number of hydrogen-bond donors (Lipinski definition) is 1. The van der Waals surface area contributed by atoms with Gasteiger partial charge < -0.3 is 10.1 Å². The minimum Gasteiger partial charge on any atom is -0.491 e. The molecule has 2 aromatic rings. The van der Waals surface area contributed by atoms with E-state index in [1.165, 1.54) is 0 Å². The number of nitrogens with zero attached hydrogens (tertiary/aromatic N) is 1. The van der Waals surface area contributed by atoms with E-state index < -0.39 is 0 Å². The van der Waals surface area contributed by atoms with E-state index in [0.717, 1.165) is 22.1 Å². The molecule has 0 amide bonds. The molecule has 19 heavy (non-hydrogen) atoms. The first-order valence-electron chi connectivity index (χ1n) is 6.50. The number of thiazole rings is 1. The maximum absolute atomic E-state index is 5.62. The van der Waals surface area contributed by atoms with Crippen molar-refractivity contribution in [2.24, 2.45) is 0 Å². The van der Waals surface area contributed by atoms with E-state index in [1.54, 1.807) is 11.3 Å². The molecule has 0 spiro atoms. The molecule has 4 heteroatoms. The Morgan fingerprint density at radius 1 is 1.16 bits per heavy atom. The molecule has 0 fully saturated rings. The van der Waals surface area contributed by atoms with Gasteiger partial charge in [-0.1, -0.05) is 0 Å². The summed E-state index contributed by atoms with van der Waals surface area (Å²) in [7, 11) is 0. The zero-order valence-electron chi connectivity index (χ0n) is 11.8. The number of aromatic nitrogens is 1. The Labute approximate surface area is 118 Å². The molecular formula is C15H20N2OS. The third kappa shape index (κ3) is 3.96. The Morgan fingerprint density at radius 3 is 2.37 bits per heavy atom. The fraction of sp³-hybridized carbons (Fsp3) is 0.400. The lowest BCUT2D eigenvalue weighted by Gasteiger charge is -2.14.